The third-order valence-corrected chi connectivity index (χ3v) is 4.09. The minimum atomic E-state index is 0.150. The summed E-state index contributed by atoms with van der Waals surface area (Å²) < 4.78 is 2.20. The highest BCUT2D eigenvalue weighted by atomic mass is 16.2. The van der Waals surface area contributed by atoms with E-state index < -0.39 is 0 Å². The van der Waals surface area contributed by atoms with Crippen molar-refractivity contribution in [3.8, 4) is 0 Å². The molecule has 110 valence electrons. The van der Waals surface area contributed by atoms with Crippen LogP contribution in [0.4, 0.5) is 0 Å². The number of fused-ring (bicyclic) bond motifs is 1. The van der Waals surface area contributed by atoms with Crippen molar-refractivity contribution in [2.24, 2.45) is 5.92 Å². The van der Waals surface area contributed by atoms with Crippen molar-refractivity contribution in [2.45, 2.75) is 25.8 Å². The van der Waals surface area contributed by atoms with Gasteiger partial charge in [-0.1, -0.05) is 6.07 Å². The second-order valence-corrected chi connectivity index (χ2v) is 5.71. The van der Waals surface area contributed by atoms with Gasteiger partial charge in [0, 0.05) is 51.3 Å². The molecule has 1 aliphatic heterocycles. The zero-order valence-electron chi connectivity index (χ0n) is 12.3. The average molecular weight is 284 g/mol. The van der Waals surface area contributed by atoms with Gasteiger partial charge in [-0.3, -0.25) is 9.78 Å². The standard InChI is InChI=1S/C16H20N4O/c1-19(16(21)10-13-3-2-5-17-11-13)12-14-4-7-20-8-6-18-15(20)9-14/h2-3,5-6,8,11,14H,4,7,9-10,12H2,1H3. The lowest BCUT2D eigenvalue weighted by Crippen LogP contribution is -2.35. The minimum absolute atomic E-state index is 0.150. The van der Waals surface area contributed by atoms with Gasteiger partial charge >= 0.3 is 0 Å². The third kappa shape index (κ3) is 3.29. The van der Waals surface area contributed by atoms with Gasteiger partial charge in [-0.25, -0.2) is 4.98 Å². The summed E-state index contributed by atoms with van der Waals surface area (Å²) in [6, 6.07) is 3.81. The molecule has 1 aliphatic rings. The molecule has 0 aromatic carbocycles. The first-order chi connectivity index (χ1) is 10.2. The number of hydrogen-bond acceptors (Lipinski definition) is 3. The van der Waals surface area contributed by atoms with E-state index in [2.05, 4.69) is 14.5 Å². The number of aryl methyl sites for hydroxylation is 1. The van der Waals surface area contributed by atoms with E-state index in [-0.39, 0.29) is 5.91 Å². The van der Waals surface area contributed by atoms with E-state index in [1.807, 2.05) is 36.5 Å². The highest BCUT2D eigenvalue weighted by molar-refractivity contribution is 5.78. The fraction of sp³-hybridized carbons (Fsp3) is 0.438. The molecule has 0 N–H and O–H groups in total. The normalized spacial score (nSPS) is 17.3. The van der Waals surface area contributed by atoms with Gasteiger partial charge in [-0.15, -0.1) is 0 Å². The predicted octanol–water partition coefficient (Wildman–Crippen LogP) is 1.54. The zero-order valence-corrected chi connectivity index (χ0v) is 12.3. The lowest BCUT2D eigenvalue weighted by Gasteiger charge is -2.27. The van der Waals surface area contributed by atoms with Gasteiger partial charge in [-0.05, 0) is 24.0 Å². The Bertz CT molecular complexity index is 608. The Morgan fingerprint density at radius 3 is 3.19 bits per heavy atom. The van der Waals surface area contributed by atoms with E-state index in [0.29, 0.717) is 12.3 Å². The molecule has 0 spiro atoms. The van der Waals surface area contributed by atoms with Crippen LogP contribution in [0.3, 0.4) is 0 Å². The molecule has 3 rings (SSSR count). The number of nitrogens with zero attached hydrogens (tertiary/aromatic N) is 4. The van der Waals surface area contributed by atoms with Crippen molar-refractivity contribution in [2.75, 3.05) is 13.6 Å². The summed E-state index contributed by atoms with van der Waals surface area (Å²) in [5.41, 5.74) is 0.966. The number of hydrogen-bond donors (Lipinski definition) is 0. The molecule has 1 unspecified atom stereocenters. The van der Waals surface area contributed by atoms with Crippen LogP contribution >= 0.6 is 0 Å². The quantitative estimate of drug-likeness (QED) is 0.856. The summed E-state index contributed by atoms with van der Waals surface area (Å²) in [5, 5.41) is 0. The lowest BCUT2D eigenvalue weighted by molar-refractivity contribution is -0.129. The molecule has 0 aliphatic carbocycles. The second kappa shape index (κ2) is 6.08. The Hall–Kier alpha value is -2.17. The highest BCUT2D eigenvalue weighted by Crippen LogP contribution is 2.20. The number of imidazole rings is 1. The van der Waals surface area contributed by atoms with Crippen molar-refractivity contribution < 1.29 is 4.79 Å². The van der Waals surface area contributed by atoms with Crippen LogP contribution in [0.5, 0.6) is 0 Å². The maximum absolute atomic E-state index is 12.3. The molecule has 0 saturated heterocycles. The maximum atomic E-state index is 12.3. The number of aromatic nitrogens is 3. The monoisotopic (exact) mass is 284 g/mol. The van der Waals surface area contributed by atoms with Gasteiger partial charge in [0.05, 0.1) is 6.42 Å². The maximum Gasteiger partial charge on any atom is 0.226 e. The van der Waals surface area contributed by atoms with Crippen LogP contribution in [0, 0.1) is 5.92 Å². The molecule has 0 radical (unpaired) electrons. The fourth-order valence-corrected chi connectivity index (χ4v) is 2.87. The van der Waals surface area contributed by atoms with Crippen LogP contribution < -0.4 is 0 Å². The average Bonchev–Trinajstić information content (AvgIpc) is 2.95. The molecular weight excluding hydrogens is 264 g/mol. The Kier molecular flexibility index (Phi) is 3.99. The van der Waals surface area contributed by atoms with Crippen LogP contribution in [0.25, 0.3) is 0 Å². The summed E-state index contributed by atoms with van der Waals surface area (Å²) in [6.45, 7) is 1.80. The highest BCUT2D eigenvalue weighted by Gasteiger charge is 2.22. The molecular formula is C16H20N4O. The molecule has 2 aromatic heterocycles. The summed E-state index contributed by atoms with van der Waals surface area (Å²) in [4.78, 5) is 22.5. The Balaban J connectivity index is 1.54. The van der Waals surface area contributed by atoms with E-state index in [1.54, 1.807) is 12.4 Å². The molecule has 5 heteroatoms. The summed E-state index contributed by atoms with van der Waals surface area (Å²) in [6.07, 6.45) is 9.85. The third-order valence-electron chi connectivity index (χ3n) is 4.09. The van der Waals surface area contributed by atoms with Crippen molar-refractivity contribution in [1.29, 1.82) is 0 Å². The van der Waals surface area contributed by atoms with Gasteiger partial charge in [-0.2, -0.15) is 0 Å². The summed E-state index contributed by atoms with van der Waals surface area (Å²) in [5.74, 6) is 1.79. The fourth-order valence-electron chi connectivity index (χ4n) is 2.87. The molecule has 5 nitrogen and oxygen atoms in total. The Labute approximate surface area is 124 Å². The summed E-state index contributed by atoms with van der Waals surface area (Å²) >= 11 is 0. The number of pyridine rings is 1. The second-order valence-electron chi connectivity index (χ2n) is 5.71. The molecule has 0 fully saturated rings. The van der Waals surface area contributed by atoms with Crippen molar-refractivity contribution in [1.82, 2.24) is 19.4 Å². The first-order valence-electron chi connectivity index (χ1n) is 7.35. The lowest BCUT2D eigenvalue weighted by atomic mass is 9.97. The smallest absolute Gasteiger partial charge is 0.226 e. The number of carbonyl (C=O) groups is 1. The minimum Gasteiger partial charge on any atom is -0.345 e. The number of likely N-dealkylation sites (N-methyl/N-ethyl adjacent to an activating group) is 1. The van der Waals surface area contributed by atoms with Gasteiger partial charge in [0.15, 0.2) is 0 Å². The first-order valence-corrected chi connectivity index (χ1v) is 7.35. The predicted molar refractivity (Wildman–Crippen MR) is 79.6 cm³/mol. The van der Waals surface area contributed by atoms with Gasteiger partial charge in [0.1, 0.15) is 5.82 Å². The van der Waals surface area contributed by atoms with Crippen LogP contribution in [-0.4, -0.2) is 38.9 Å². The van der Waals surface area contributed by atoms with Crippen LogP contribution in [-0.2, 0) is 24.2 Å². The van der Waals surface area contributed by atoms with Gasteiger partial charge in [0.25, 0.3) is 0 Å². The molecule has 1 atom stereocenters. The molecule has 0 saturated carbocycles. The number of amides is 1. The first kappa shape index (κ1) is 13.8. The van der Waals surface area contributed by atoms with E-state index >= 15 is 0 Å². The van der Waals surface area contributed by atoms with E-state index in [1.165, 1.54) is 0 Å². The van der Waals surface area contributed by atoms with Crippen molar-refractivity contribution in [3.63, 3.8) is 0 Å². The Morgan fingerprint density at radius 1 is 1.48 bits per heavy atom. The molecule has 21 heavy (non-hydrogen) atoms. The molecule has 1 amide bonds. The summed E-state index contributed by atoms with van der Waals surface area (Å²) in [7, 11) is 1.89. The van der Waals surface area contributed by atoms with Crippen molar-refractivity contribution in [3.05, 3.63) is 48.3 Å². The number of carbonyl (C=O) groups excluding carboxylic acids is 1. The molecule has 2 aromatic rings. The Morgan fingerprint density at radius 2 is 2.38 bits per heavy atom. The van der Waals surface area contributed by atoms with Crippen LogP contribution in [0.1, 0.15) is 17.8 Å². The van der Waals surface area contributed by atoms with E-state index in [4.69, 9.17) is 0 Å². The topological polar surface area (TPSA) is 51.0 Å². The van der Waals surface area contributed by atoms with Crippen LogP contribution in [0.2, 0.25) is 0 Å². The largest absolute Gasteiger partial charge is 0.345 e. The van der Waals surface area contributed by atoms with Crippen LogP contribution in [0.15, 0.2) is 36.9 Å². The van der Waals surface area contributed by atoms with Gasteiger partial charge in [0.2, 0.25) is 5.91 Å². The van der Waals surface area contributed by atoms with E-state index in [0.717, 1.165) is 37.3 Å². The number of rotatable bonds is 4. The SMILES string of the molecule is CN(CC1CCn2ccnc2C1)C(=O)Cc1cccnc1. The van der Waals surface area contributed by atoms with E-state index in [9.17, 15) is 4.79 Å². The van der Waals surface area contributed by atoms with Gasteiger partial charge < -0.3 is 9.47 Å². The zero-order chi connectivity index (χ0) is 14.7. The molecule has 3 heterocycles. The van der Waals surface area contributed by atoms with Crippen molar-refractivity contribution >= 4 is 5.91 Å². The molecule has 0 bridgehead atoms.